The minimum absolute atomic E-state index is 0.0573. The van der Waals surface area contributed by atoms with E-state index in [0.29, 0.717) is 0 Å². The van der Waals surface area contributed by atoms with Gasteiger partial charge in [-0.25, -0.2) is 0 Å². The molecule has 0 aromatic carbocycles. The molecule has 0 radical (unpaired) electrons. The van der Waals surface area contributed by atoms with Crippen molar-refractivity contribution in [1.82, 2.24) is 5.32 Å². The third-order valence-corrected chi connectivity index (χ3v) is 1.28. The van der Waals surface area contributed by atoms with Crippen LogP contribution in [0.5, 0.6) is 0 Å². The number of hydrogen-bond acceptors (Lipinski definition) is 1. The summed E-state index contributed by atoms with van der Waals surface area (Å²) in [6.45, 7) is 2.81. The van der Waals surface area contributed by atoms with Gasteiger partial charge in [0.15, 0.2) is 0 Å². The first-order chi connectivity index (χ1) is 3.83. The van der Waals surface area contributed by atoms with Crippen LogP contribution in [0.15, 0.2) is 11.6 Å². The van der Waals surface area contributed by atoms with Crippen LogP contribution in [0.25, 0.3) is 0 Å². The van der Waals surface area contributed by atoms with Gasteiger partial charge < -0.3 is 5.32 Å². The Balaban J connectivity index is 2.57. The Morgan fingerprint density at radius 3 is 2.88 bits per heavy atom. The molecule has 0 fully saturated rings. The van der Waals surface area contributed by atoms with Crippen LogP contribution in [-0.2, 0) is 4.79 Å². The van der Waals surface area contributed by atoms with Gasteiger partial charge in [-0.3, -0.25) is 4.79 Å². The lowest BCUT2D eigenvalue weighted by Gasteiger charge is -1.89. The average molecular weight is 111 g/mol. The summed E-state index contributed by atoms with van der Waals surface area (Å²) in [5.41, 5.74) is 1.20. The van der Waals surface area contributed by atoms with Crippen LogP contribution < -0.4 is 5.32 Å². The molecule has 1 amide bonds. The first-order valence-electron chi connectivity index (χ1n) is 2.80. The number of hydrogen-bond donors (Lipinski definition) is 1. The maximum absolute atomic E-state index is 10.4. The van der Waals surface area contributed by atoms with Gasteiger partial charge in [0.2, 0.25) is 5.91 Å². The van der Waals surface area contributed by atoms with Gasteiger partial charge in [-0.2, -0.15) is 0 Å². The molecule has 2 heteroatoms. The van der Waals surface area contributed by atoms with Crippen molar-refractivity contribution in [2.45, 2.75) is 13.3 Å². The molecule has 0 spiro atoms. The molecule has 1 heterocycles. The second-order valence-corrected chi connectivity index (χ2v) is 1.87. The van der Waals surface area contributed by atoms with Gasteiger partial charge in [0.05, 0.1) is 0 Å². The normalized spacial score (nSPS) is 18.1. The third-order valence-electron chi connectivity index (χ3n) is 1.28. The minimum atomic E-state index is 0.0573. The van der Waals surface area contributed by atoms with Crippen molar-refractivity contribution in [2.75, 3.05) is 6.54 Å². The summed E-state index contributed by atoms with van der Waals surface area (Å²) in [5.74, 6) is 0.0573. The van der Waals surface area contributed by atoms with Crippen LogP contribution >= 0.6 is 0 Å². The van der Waals surface area contributed by atoms with Crippen molar-refractivity contribution in [3.8, 4) is 0 Å². The van der Waals surface area contributed by atoms with Crippen molar-refractivity contribution in [2.24, 2.45) is 0 Å². The maximum Gasteiger partial charge on any atom is 0.244 e. The highest BCUT2D eigenvalue weighted by molar-refractivity contribution is 5.90. The van der Waals surface area contributed by atoms with Crippen LogP contribution in [0.2, 0.25) is 0 Å². The summed E-state index contributed by atoms with van der Waals surface area (Å²) in [7, 11) is 0. The van der Waals surface area contributed by atoms with Crippen molar-refractivity contribution in [1.29, 1.82) is 0 Å². The van der Waals surface area contributed by atoms with E-state index in [4.69, 9.17) is 0 Å². The van der Waals surface area contributed by atoms with Gasteiger partial charge in [-0.1, -0.05) is 6.92 Å². The highest BCUT2D eigenvalue weighted by Crippen LogP contribution is 2.02. The van der Waals surface area contributed by atoms with Crippen LogP contribution in [0.3, 0.4) is 0 Å². The third kappa shape index (κ3) is 0.886. The molecule has 1 aliphatic heterocycles. The summed E-state index contributed by atoms with van der Waals surface area (Å²) in [6.07, 6.45) is 2.65. The molecule has 0 saturated carbocycles. The Morgan fingerprint density at radius 2 is 2.62 bits per heavy atom. The second kappa shape index (κ2) is 1.99. The largest absolute Gasteiger partial charge is 0.349 e. The molecule has 1 aliphatic rings. The van der Waals surface area contributed by atoms with Crippen LogP contribution in [0.4, 0.5) is 0 Å². The first kappa shape index (κ1) is 5.35. The summed E-state index contributed by atoms with van der Waals surface area (Å²) >= 11 is 0. The number of nitrogens with one attached hydrogen (secondary N) is 1. The highest BCUT2D eigenvalue weighted by Gasteiger charge is 2.06. The van der Waals surface area contributed by atoms with E-state index in [9.17, 15) is 4.79 Å². The predicted molar refractivity (Wildman–Crippen MR) is 31.4 cm³/mol. The summed E-state index contributed by atoms with van der Waals surface area (Å²) < 4.78 is 0. The van der Waals surface area contributed by atoms with E-state index in [1.54, 1.807) is 6.08 Å². The maximum atomic E-state index is 10.4. The van der Waals surface area contributed by atoms with Crippen LogP contribution in [-0.4, -0.2) is 12.5 Å². The number of carbonyl (C=O) groups is 1. The van der Waals surface area contributed by atoms with E-state index in [-0.39, 0.29) is 5.91 Å². The van der Waals surface area contributed by atoms with Gasteiger partial charge in [-0.15, -0.1) is 0 Å². The monoisotopic (exact) mass is 111 g/mol. The summed E-state index contributed by atoms with van der Waals surface area (Å²) in [6, 6.07) is 0. The molecule has 1 rings (SSSR count). The lowest BCUT2D eigenvalue weighted by Crippen LogP contribution is -2.14. The molecule has 0 unspecified atom stereocenters. The minimum Gasteiger partial charge on any atom is -0.349 e. The van der Waals surface area contributed by atoms with Gasteiger partial charge >= 0.3 is 0 Å². The van der Waals surface area contributed by atoms with Crippen molar-refractivity contribution in [3.05, 3.63) is 11.6 Å². The van der Waals surface area contributed by atoms with Gasteiger partial charge in [-0.05, 0) is 12.0 Å². The average Bonchev–Trinajstić information content (AvgIpc) is 2.14. The summed E-state index contributed by atoms with van der Waals surface area (Å²) in [5, 5.41) is 2.69. The molecule has 2 nitrogen and oxygen atoms in total. The fourth-order valence-electron chi connectivity index (χ4n) is 0.715. The predicted octanol–water partition coefficient (Wildman–Crippen LogP) is 0.453. The van der Waals surface area contributed by atoms with Crippen molar-refractivity contribution < 1.29 is 4.79 Å². The zero-order chi connectivity index (χ0) is 5.98. The quantitative estimate of drug-likeness (QED) is 0.523. The molecular weight excluding hydrogens is 102 g/mol. The standard InChI is InChI=1S/C6H9NO/c1-2-5-3-6(8)7-4-5/h3H,2,4H2,1H3,(H,7,8). The van der Waals surface area contributed by atoms with Gasteiger partial charge in [0.25, 0.3) is 0 Å². The lowest BCUT2D eigenvalue weighted by atomic mass is 10.2. The molecule has 0 aromatic heterocycles. The van der Waals surface area contributed by atoms with Crippen LogP contribution in [0, 0.1) is 0 Å². The zero-order valence-corrected chi connectivity index (χ0v) is 4.90. The Kier molecular flexibility index (Phi) is 1.33. The van der Waals surface area contributed by atoms with Crippen molar-refractivity contribution >= 4 is 5.91 Å². The SMILES string of the molecule is CCC1=CC(=O)NC1. The first-order valence-corrected chi connectivity index (χ1v) is 2.80. The lowest BCUT2D eigenvalue weighted by molar-refractivity contribution is -0.115. The van der Waals surface area contributed by atoms with E-state index >= 15 is 0 Å². The van der Waals surface area contributed by atoms with Crippen LogP contribution in [0.1, 0.15) is 13.3 Å². The van der Waals surface area contributed by atoms with E-state index in [2.05, 4.69) is 5.32 Å². The van der Waals surface area contributed by atoms with Crippen molar-refractivity contribution in [3.63, 3.8) is 0 Å². The fourth-order valence-corrected chi connectivity index (χ4v) is 0.715. The zero-order valence-electron chi connectivity index (χ0n) is 4.90. The Morgan fingerprint density at radius 1 is 1.88 bits per heavy atom. The molecular formula is C6H9NO. The molecule has 0 bridgehead atoms. The fraction of sp³-hybridized carbons (Fsp3) is 0.500. The topological polar surface area (TPSA) is 29.1 Å². The van der Waals surface area contributed by atoms with Gasteiger partial charge in [0.1, 0.15) is 0 Å². The Hall–Kier alpha value is -0.790. The molecule has 0 atom stereocenters. The van der Waals surface area contributed by atoms with E-state index in [1.807, 2.05) is 6.92 Å². The Labute approximate surface area is 48.6 Å². The number of amides is 1. The molecule has 44 valence electrons. The molecule has 8 heavy (non-hydrogen) atoms. The van der Waals surface area contributed by atoms with E-state index in [0.717, 1.165) is 13.0 Å². The number of rotatable bonds is 1. The van der Waals surface area contributed by atoms with Gasteiger partial charge in [0, 0.05) is 12.6 Å². The molecule has 1 N–H and O–H groups in total. The smallest absolute Gasteiger partial charge is 0.244 e. The van der Waals surface area contributed by atoms with E-state index < -0.39 is 0 Å². The summed E-state index contributed by atoms with van der Waals surface area (Å²) in [4.78, 5) is 10.4. The van der Waals surface area contributed by atoms with E-state index in [1.165, 1.54) is 5.57 Å². The second-order valence-electron chi connectivity index (χ2n) is 1.87. The molecule has 0 aliphatic carbocycles. The molecule has 0 saturated heterocycles. The molecule has 0 aromatic rings. The number of carbonyl (C=O) groups excluding carboxylic acids is 1. The highest BCUT2D eigenvalue weighted by atomic mass is 16.1. The Bertz CT molecular complexity index is 137.